The molecule has 1 aromatic rings. The first-order valence-corrected chi connectivity index (χ1v) is 7.14. The highest BCUT2D eigenvalue weighted by molar-refractivity contribution is 6.31. The zero-order valence-electron chi connectivity index (χ0n) is 10.9. The molecule has 1 aliphatic rings. The molecule has 1 saturated carbocycles. The molecule has 0 radical (unpaired) electrons. The highest BCUT2D eigenvalue weighted by atomic mass is 35.5. The first-order valence-electron chi connectivity index (χ1n) is 6.76. The van der Waals surface area contributed by atoms with E-state index in [-0.39, 0.29) is 0 Å². The number of nitrogens with one attached hydrogen (secondary N) is 1. The van der Waals surface area contributed by atoms with Crippen LogP contribution in [0.1, 0.15) is 38.3 Å². The number of hydrogen-bond acceptors (Lipinski definition) is 3. The Hall–Kier alpha value is -0.800. The van der Waals surface area contributed by atoms with Gasteiger partial charge in [0.15, 0.2) is 0 Å². The van der Waals surface area contributed by atoms with Crippen LogP contribution in [0.5, 0.6) is 0 Å². The topological polar surface area (TPSA) is 34.1 Å². The quantitative estimate of drug-likeness (QED) is 0.850. The largest absolute Gasteiger partial charge is 0.375 e. The van der Waals surface area contributed by atoms with Gasteiger partial charge in [0.05, 0.1) is 17.3 Å². The van der Waals surface area contributed by atoms with Gasteiger partial charge in [-0.3, -0.25) is 0 Å². The van der Waals surface area contributed by atoms with Crippen LogP contribution < -0.4 is 5.32 Å². The number of aromatic nitrogens is 1. The van der Waals surface area contributed by atoms with Crippen molar-refractivity contribution < 1.29 is 4.74 Å². The number of hydrogen-bond donors (Lipinski definition) is 1. The van der Waals surface area contributed by atoms with E-state index in [2.05, 4.69) is 10.3 Å². The lowest BCUT2D eigenvalue weighted by Gasteiger charge is -2.11. The zero-order chi connectivity index (χ0) is 12.8. The van der Waals surface area contributed by atoms with Crippen molar-refractivity contribution >= 4 is 17.4 Å². The van der Waals surface area contributed by atoms with Crippen molar-refractivity contribution in [2.45, 2.75) is 39.2 Å². The molecule has 0 aliphatic heterocycles. The van der Waals surface area contributed by atoms with E-state index < -0.39 is 0 Å². The molecule has 18 heavy (non-hydrogen) atoms. The molecule has 1 aromatic heterocycles. The van der Waals surface area contributed by atoms with Crippen LogP contribution in [0.3, 0.4) is 0 Å². The van der Waals surface area contributed by atoms with Crippen molar-refractivity contribution in [1.82, 2.24) is 4.98 Å². The number of pyridine rings is 1. The zero-order valence-corrected chi connectivity index (χ0v) is 11.7. The third-order valence-corrected chi connectivity index (χ3v) is 3.69. The van der Waals surface area contributed by atoms with Crippen molar-refractivity contribution in [2.75, 3.05) is 18.5 Å². The van der Waals surface area contributed by atoms with E-state index in [1.165, 1.54) is 25.7 Å². The van der Waals surface area contributed by atoms with Crippen molar-refractivity contribution in [3.63, 3.8) is 0 Å². The molecule has 4 heteroatoms. The molecule has 1 fully saturated rings. The number of anilines is 1. The summed E-state index contributed by atoms with van der Waals surface area (Å²) in [6.45, 7) is 4.25. The molecule has 2 rings (SSSR count). The molecule has 0 saturated heterocycles. The van der Waals surface area contributed by atoms with Crippen LogP contribution in [-0.2, 0) is 11.3 Å². The normalized spacial score (nSPS) is 16.1. The van der Waals surface area contributed by atoms with Gasteiger partial charge in [-0.05, 0) is 37.8 Å². The Morgan fingerprint density at radius 2 is 2.17 bits per heavy atom. The number of ether oxygens (including phenoxy) is 1. The van der Waals surface area contributed by atoms with Gasteiger partial charge in [0.2, 0.25) is 0 Å². The Labute approximate surface area is 114 Å². The molecule has 0 unspecified atom stereocenters. The minimum Gasteiger partial charge on any atom is -0.375 e. The monoisotopic (exact) mass is 268 g/mol. The molecule has 3 nitrogen and oxygen atoms in total. The van der Waals surface area contributed by atoms with Crippen LogP contribution >= 0.6 is 11.6 Å². The van der Waals surface area contributed by atoms with Crippen LogP contribution in [0.2, 0.25) is 5.02 Å². The lowest BCUT2D eigenvalue weighted by Crippen LogP contribution is -2.07. The van der Waals surface area contributed by atoms with E-state index in [9.17, 15) is 0 Å². The molecule has 1 aliphatic carbocycles. The molecule has 0 spiro atoms. The number of rotatable bonds is 6. The van der Waals surface area contributed by atoms with Gasteiger partial charge in [0, 0.05) is 13.2 Å². The maximum absolute atomic E-state index is 6.12. The van der Waals surface area contributed by atoms with Gasteiger partial charge < -0.3 is 10.1 Å². The Morgan fingerprint density at radius 3 is 2.89 bits per heavy atom. The summed E-state index contributed by atoms with van der Waals surface area (Å²) >= 11 is 6.12. The second-order valence-corrected chi connectivity index (χ2v) is 5.23. The molecule has 0 atom stereocenters. The van der Waals surface area contributed by atoms with Crippen LogP contribution in [0.25, 0.3) is 0 Å². The third-order valence-electron chi connectivity index (χ3n) is 3.34. The van der Waals surface area contributed by atoms with Gasteiger partial charge in [0.1, 0.15) is 5.82 Å². The number of nitrogens with zero attached hydrogens (tertiary/aromatic N) is 1. The Morgan fingerprint density at radius 1 is 1.39 bits per heavy atom. The molecule has 100 valence electrons. The standard InChI is InChI=1S/C14H21ClN2O/c1-2-16-14-8-7-12(15)13(17-14)10-18-9-11-5-3-4-6-11/h7-8,11H,2-6,9-10H2,1H3,(H,16,17). The summed E-state index contributed by atoms with van der Waals surface area (Å²) in [5.74, 6) is 1.60. The summed E-state index contributed by atoms with van der Waals surface area (Å²) in [7, 11) is 0. The summed E-state index contributed by atoms with van der Waals surface area (Å²) in [5, 5.41) is 3.86. The van der Waals surface area contributed by atoms with E-state index in [1.807, 2.05) is 19.1 Å². The van der Waals surface area contributed by atoms with E-state index in [0.717, 1.165) is 30.6 Å². The maximum atomic E-state index is 6.12. The molecule has 1 heterocycles. The van der Waals surface area contributed by atoms with Crippen molar-refractivity contribution in [2.24, 2.45) is 5.92 Å². The van der Waals surface area contributed by atoms with Crippen LogP contribution in [0.15, 0.2) is 12.1 Å². The average Bonchev–Trinajstić information content (AvgIpc) is 2.86. The second-order valence-electron chi connectivity index (χ2n) is 4.82. The van der Waals surface area contributed by atoms with Gasteiger partial charge >= 0.3 is 0 Å². The number of halogens is 1. The average molecular weight is 269 g/mol. The van der Waals surface area contributed by atoms with Crippen molar-refractivity contribution in [1.29, 1.82) is 0 Å². The summed E-state index contributed by atoms with van der Waals surface area (Å²) < 4.78 is 5.74. The molecule has 1 N–H and O–H groups in total. The van der Waals surface area contributed by atoms with Gasteiger partial charge in [-0.15, -0.1) is 0 Å². The Balaban J connectivity index is 1.85. The molecule has 0 amide bonds. The Bertz CT molecular complexity index is 378. The summed E-state index contributed by atoms with van der Waals surface area (Å²) in [5.41, 5.74) is 0.827. The maximum Gasteiger partial charge on any atom is 0.126 e. The Kier molecular flexibility index (Phi) is 5.26. The predicted octanol–water partition coefficient (Wildman–Crippen LogP) is 3.87. The lowest BCUT2D eigenvalue weighted by molar-refractivity contribution is 0.0868. The summed E-state index contributed by atoms with van der Waals surface area (Å²) in [4.78, 5) is 4.46. The van der Waals surface area contributed by atoms with Gasteiger partial charge in [-0.1, -0.05) is 24.4 Å². The predicted molar refractivity (Wildman–Crippen MR) is 75.0 cm³/mol. The minimum atomic E-state index is 0.508. The van der Waals surface area contributed by atoms with Crippen molar-refractivity contribution in [3.05, 3.63) is 22.8 Å². The van der Waals surface area contributed by atoms with Crippen LogP contribution in [0, 0.1) is 5.92 Å². The van der Waals surface area contributed by atoms with Crippen molar-refractivity contribution in [3.8, 4) is 0 Å². The fourth-order valence-corrected chi connectivity index (χ4v) is 2.52. The smallest absolute Gasteiger partial charge is 0.126 e. The fraction of sp³-hybridized carbons (Fsp3) is 0.643. The van der Waals surface area contributed by atoms with E-state index in [4.69, 9.17) is 16.3 Å². The molecular weight excluding hydrogens is 248 g/mol. The van der Waals surface area contributed by atoms with Crippen LogP contribution in [-0.4, -0.2) is 18.1 Å². The molecular formula is C14H21ClN2O. The van der Waals surface area contributed by atoms with Gasteiger partial charge in [-0.2, -0.15) is 0 Å². The van der Waals surface area contributed by atoms with Gasteiger partial charge in [-0.25, -0.2) is 4.98 Å². The SMILES string of the molecule is CCNc1ccc(Cl)c(COCC2CCCC2)n1. The van der Waals surface area contributed by atoms with E-state index in [0.29, 0.717) is 11.6 Å². The summed E-state index contributed by atoms with van der Waals surface area (Å²) in [6.07, 6.45) is 5.31. The molecule has 0 aromatic carbocycles. The first kappa shape index (κ1) is 13.6. The lowest BCUT2D eigenvalue weighted by atomic mass is 10.1. The van der Waals surface area contributed by atoms with E-state index >= 15 is 0 Å². The van der Waals surface area contributed by atoms with Crippen LogP contribution in [0.4, 0.5) is 5.82 Å². The fourth-order valence-electron chi connectivity index (χ4n) is 2.36. The summed E-state index contributed by atoms with van der Waals surface area (Å²) in [6, 6.07) is 3.77. The second kappa shape index (κ2) is 6.95. The third kappa shape index (κ3) is 3.85. The first-order chi connectivity index (χ1) is 8.79. The van der Waals surface area contributed by atoms with Gasteiger partial charge in [0.25, 0.3) is 0 Å². The van der Waals surface area contributed by atoms with E-state index in [1.54, 1.807) is 0 Å². The highest BCUT2D eigenvalue weighted by Gasteiger charge is 2.15. The molecule has 0 bridgehead atoms. The minimum absolute atomic E-state index is 0.508. The highest BCUT2D eigenvalue weighted by Crippen LogP contribution is 2.25.